The van der Waals surface area contributed by atoms with Gasteiger partial charge in [-0.05, 0) is 20.8 Å². The molecule has 2 atom stereocenters. The molecule has 0 heterocycles. The number of ketones is 1. The van der Waals surface area contributed by atoms with Crippen molar-refractivity contribution in [3.05, 3.63) is 36.5 Å². The third-order valence-electron chi connectivity index (χ3n) is 3.29. The number of esters is 3. The van der Waals surface area contributed by atoms with Crippen LogP contribution in [0.1, 0.15) is 27.2 Å². The lowest BCUT2D eigenvalue weighted by Crippen LogP contribution is -2.61. The highest BCUT2D eigenvalue weighted by molar-refractivity contribution is 5.93. The van der Waals surface area contributed by atoms with Gasteiger partial charge < -0.3 is 29.5 Å². The molecule has 11 nitrogen and oxygen atoms in total. The van der Waals surface area contributed by atoms with Crippen LogP contribution in [0.15, 0.2) is 36.5 Å². The Morgan fingerprint density at radius 2 is 1.21 bits per heavy atom. The molecule has 0 rings (SSSR count). The fraction of sp³-hybridized carbons (Fsp3) is 0.444. The van der Waals surface area contributed by atoms with Crippen molar-refractivity contribution in [2.45, 2.75) is 45.0 Å². The first-order valence-electron chi connectivity index (χ1n) is 8.09. The lowest BCUT2D eigenvalue weighted by atomic mass is 9.99. The van der Waals surface area contributed by atoms with E-state index in [1.165, 1.54) is 20.8 Å². The summed E-state index contributed by atoms with van der Waals surface area (Å²) in [4.78, 5) is 48.6. The molecule has 0 fully saturated rings. The number of carbonyl (C=O) groups is 4. The second-order valence-electron chi connectivity index (χ2n) is 6.32. The van der Waals surface area contributed by atoms with Crippen LogP contribution in [0.25, 0.3) is 0 Å². The fourth-order valence-corrected chi connectivity index (χ4v) is 1.52. The molecule has 0 saturated carbocycles. The lowest BCUT2D eigenvalue weighted by Gasteiger charge is -2.34. The van der Waals surface area contributed by atoms with Crippen LogP contribution in [-0.4, -0.2) is 63.4 Å². The number of aliphatic hydroxyl groups is 3. The van der Waals surface area contributed by atoms with Gasteiger partial charge in [-0.25, -0.2) is 14.4 Å². The minimum Gasteiger partial charge on any atom is -0.393 e. The summed E-state index contributed by atoms with van der Waals surface area (Å²) >= 11 is 0. The molecule has 0 aromatic rings. The minimum absolute atomic E-state index is 0.224. The van der Waals surface area contributed by atoms with Gasteiger partial charge in [0.2, 0.25) is 5.72 Å². The molecule has 2 unspecified atom stereocenters. The van der Waals surface area contributed by atoms with Crippen molar-refractivity contribution in [1.82, 2.24) is 0 Å². The average molecular weight is 415 g/mol. The number of hydrogen-bond acceptors (Lipinski definition) is 11. The van der Waals surface area contributed by atoms with Gasteiger partial charge in [0.15, 0.2) is 5.78 Å². The van der Waals surface area contributed by atoms with Crippen molar-refractivity contribution < 1.29 is 48.7 Å². The Hall–Kier alpha value is -2.86. The number of Topliss-reactive ketones (excluding diaryl/α,β-unsaturated/α-hetero) is 1. The van der Waals surface area contributed by atoms with Crippen LogP contribution in [0.3, 0.4) is 0 Å². The molecule has 29 heavy (non-hydrogen) atoms. The first-order valence-corrected chi connectivity index (χ1v) is 8.09. The fourth-order valence-electron chi connectivity index (χ4n) is 1.52. The topological polar surface area (TPSA) is 183 Å². The highest BCUT2D eigenvalue weighted by atomic mass is 16.9. The van der Waals surface area contributed by atoms with E-state index in [9.17, 15) is 29.4 Å². The van der Waals surface area contributed by atoms with E-state index in [2.05, 4.69) is 19.7 Å². The second kappa shape index (κ2) is 10.1. The largest absolute Gasteiger partial charge is 0.431 e. The molecule has 162 valence electrons. The van der Waals surface area contributed by atoms with Gasteiger partial charge in [0, 0.05) is 16.7 Å². The summed E-state index contributed by atoms with van der Waals surface area (Å²) in [6.07, 6.45) is -3.49. The molecule has 0 aromatic heterocycles. The number of rotatable bonds is 11. The molecule has 0 amide bonds. The summed E-state index contributed by atoms with van der Waals surface area (Å²) in [6.45, 7) is 12.5. The van der Waals surface area contributed by atoms with Crippen molar-refractivity contribution in [2.24, 2.45) is 5.73 Å². The summed E-state index contributed by atoms with van der Waals surface area (Å²) in [6, 6.07) is 0. The third-order valence-corrected chi connectivity index (χ3v) is 3.29. The maximum absolute atomic E-state index is 12.4. The molecular weight excluding hydrogens is 390 g/mol. The van der Waals surface area contributed by atoms with E-state index in [-0.39, 0.29) is 16.7 Å². The SMILES string of the molecule is C=C(C)C(=O)OC(CC(=O)C(N)(O)C(O)CO)(OC(=O)C(=C)C)OC(=O)C(=C)C. The summed E-state index contributed by atoms with van der Waals surface area (Å²) in [5, 5.41) is 28.5. The van der Waals surface area contributed by atoms with E-state index in [4.69, 9.17) is 25.1 Å². The van der Waals surface area contributed by atoms with Crippen LogP contribution >= 0.6 is 0 Å². The van der Waals surface area contributed by atoms with E-state index in [1.807, 2.05) is 0 Å². The van der Waals surface area contributed by atoms with Gasteiger partial charge in [-0.3, -0.25) is 10.5 Å². The van der Waals surface area contributed by atoms with E-state index in [1.54, 1.807) is 0 Å². The van der Waals surface area contributed by atoms with Gasteiger partial charge in [0.25, 0.3) is 0 Å². The summed E-state index contributed by atoms with van der Waals surface area (Å²) in [7, 11) is 0. The minimum atomic E-state index is -3.07. The summed E-state index contributed by atoms with van der Waals surface area (Å²) in [5.74, 6) is -8.24. The van der Waals surface area contributed by atoms with Crippen molar-refractivity contribution in [3.8, 4) is 0 Å². The average Bonchev–Trinajstić information content (AvgIpc) is 2.59. The predicted molar refractivity (Wildman–Crippen MR) is 97.3 cm³/mol. The zero-order valence-corrected chi connectivity index (χ0v) is 16.4. The number of carbonyl (C=O) groups excluding carboxylic acids is 4. The Morgan fingerprint density at radius 3 is 1.45 bits per heavy atom. The Labute approximate surface area is 167 Å². The van der Waals surface area contributed by atoms with Gasteiger partial charge in [0.1, 0.15) is 12.5 Å². The van der Waals surface area contributed by atoms with Gasteiger partial charge >= 0.3 is 23.9 Å². The smallest absolute Gasteiger partial charge is 0.393 e. The monoisotopic (exact) mass is 415 g/mol. The highest BCUT2D eigenvalue weighted by Gasteiger charge is 2.51. The van der Waals surface area contributed by atoms with Gasteiger partial charge in [-0.15, -0.1) is 0 Å². The third kappa shape index (κ3) is 7.23. The molecule has 0 aliphatic rings. The Bertz CT molecular complexity index is 668. The van der Waals surface area contributed by atoms with Crippen LogP contribution < -0.4 is 5.73 Å². The molecule has 5 N–H and O–H groups in total. The van der Waals surface area contributed by atoms with Crippen molar-refractivity contribution in [3.63, 3.8) is 0 Å². The molecular formula is C18H25NO10. The zero-order chi connectivity index (χ0) is 23.2. The number of nitrogens with two attached hydrogens (primary N) is 1. The highest BCUT2D eigenvalue weighted by Crippen LogP contribution is 2.27. The first kappa shape index (κ1) is 26.1. The van der Waals surface area contributed by atoms with E-state index >= 15 is 0 Å². The van der Waals surface area contributed by atoms with Crippen LogP contribution in [0.4, 0.5) is 0 Å². The Kier molecular flexibility index (Phi) is 9.08. The number of aliphatic hydroxyl groups excluding tert-OH is 2. The molecule has 0 aromatic carbocycles. The summed E-state index contributed by atoms with van der Waals surface area (Å²) < 4.78 is 14.6. The normalized spacial score (nSPS) is 14.0. The van der Waals surface area contributed by atoms with Gasteiger partial charge in [-0.1, -0.05) is 19.7 Å². The molecule has 0 aliphatic carbocycles. The van der Waals surface area contributed by atoms with Gasteiger partial charge in [-0.2, -0.15) is 0 Å². The summed E-state index contributed by atoms with van der Waals surface area (Å²) in [5.41, 5.74) is 1.57. The molecule has 0 bridgehead atoms. The van der Waals surface area contributed by atoms with Crippen LogP contribution in [-0.2, 0) is 33.4 Å². The molecule has 11 heteroatoms. The lowest BCUT2D eigenvalue weighted by molar-refractivity contribution is -0.325. The number of ether oxygens (including phenoxy) is 3. The molecule has 0 spiro atoms. The van der Waals surface area contributed by atoms with Crippen LogP contribution in [0, 0.1) is 0 Å². The number of hydrogen-bond donors (Lipinski definition) is 4. The van der Waals surface area contributed by atoms with E-state index < -0.39 is 54.5 Å². The maximum atomic E-state index is 12.4. The van der Waals surface area contributed by atoms with E-state index in [0.29, 0.717) is 0 Å². The zero-order valence-electron chi connectivity index (χ0n) is 16.4. The molecule has 0 aliphatic heterocycles. The van der Waals surface area contributed by atoms with E-state index in [0.717, 1.165) is 0 Å². The van der Waals surface area contributed by atoms with Crippen molar-refractivity contribution >= 4 is 23.7 Å². The first-order chi connectivity index (χ1) is 13.1. The van der Waals surface area contributed by atoms with Crippen molar-refractivity contribution in [1.29, 1.82) is 0 Å². The Balaban J connectivity index is 6.33. The quantitative estimate of drug-likeness (QED) is 0.184. The Morgan fingerprint density at radius 1 is 0.897 bits per heavy atom. The van der Waals surface area contributed by atoms with Crippen molar-refractivity contribution in [2.75, 3.05) is 6.61 Å². The molecule has 0 radical (unpaired) electrons. The molecule has 0 saturated heterocycles. The van der Waals surface area contributed by atoms with Crippen LogP contribution in [0.2, 0.25) is 0 Å². The predicted octanol–water partition coefficient (Wildman–Crippen LogP) is -1.04. The second-order valence-corrected chi connectivity index (χ2v) is 6.32. The van der Waals surface area contributed by atoms with Crippen LogP contribution in [0.5, 0.6) is 0 Å². The standard InChI is InChI=1S/C18H25NO10/c1-9(2)14(23)27-17(28-15(24)10(3)4,29-16(25)11(5)6)7-12(21)18(19,26)13(22)8-20/h13,20,22,26H,1,3,5,7-8,19H2,2,4,6H3. The van der Waals surface area contributed by atoms with Gasteiger partial charge in [0.05, 0.1) is 6.61 Å². The maximum Gasteiger partial charge on any atom is 0.431 e.